The Labute approximate surface area is 268 Å². The van der Waals surface area contributed by atoms with Gasteiger partial charge in [0.25, 0.3) is 0 Å². The minimum atomic E-state index is -1.51. The van der Waals surface area contributed by atoms with Gasteiger partial charge in [0, 0.05) is 43.3 Å². The third kappa shape index (κ3) is 6.76. The molecular formula is C38H32IrN2OSi-2. The third-order valence-corrected chi connectivity index (χ3v) is 9.24. The summed E-state index contributed by atoms with van der Waals surface area (Å²) in [5, 5.41) is 3.58. The summed E-state index contributed by atoms with van der Waals surface area (Å²) in [4.78, 5) is 9.01. The van der Waals surface area contributed by atoms with Crippen LogP contribution >= 0.6 is 0 Å². The van der Waals surface area contributed by atoms with Gasteiger partial charge in [0.15, 0.2) is 0 Å². The zero-order chi connectivity index (χ0) is 29.1. The van der Waals surface area contributed by atoms with Crippen LogP contribution in [0.5, 0.6) is 0 Å². The minimum Gasteiger partial charge on any atom is -0.457 e. The molecule has 5 heteroatoms. The third-order valence-electron chi connectivity index (χ3n) is 7.23. The van der Waals surface area contributed by atoms with E-state index in [0.717, 1.165) is 50.0 Å². The van der Waals surface area contributed by atoms with Crippen LogP contribution in [0.25, 0.3) is 55.6 Å². The van der Waals surface area contributed by atoms with Gasteiger partial charge in [-0.3, -0.25) is 0 Å². The number of hydrogen-bond donors (Lipinski definition) is 0. The van der Waals surface area contributed by atoms with E-state index in [0.29, 0.717) is 0 Å². The Morgan fingerprint density at radius 1 is 0.674 bits per heavy atom. The number of hydrogen-bond acceptors (Lipinski definition) is 3. The molecular weight excluding hydrogens is 721 g/mol. The molecule has 0 saturated heterocycles. The molecule has 0 bridgehead atoms. The maximum absolute atomic E-state index is 6.40. The number of rotatable bonds is 4. The number of pyridine rings is 2. The van der Waals surface area contributed by atoms with Gasteiger partial charge in [0.1, 0.15) is 11.2 Å². The monoisotopic (exact) mass is 753 g/mol. The molecule has 0 aliphatic heterocycles. The fraction of sp³-hybridized carbons (Fsp3) is 0.105. The van der Waals surface area contributed by atoms with Crippen LogP contribution < -0.4 is 5.19 Å². The summed E-state index contributed by atoms with van der Waals surface area (Å²) in [6, 6.07) is 43.6. The number of fused-ring (bicyclic) bond motifs is 3. The van der Waals surface area contributed by atoms with Gasteiger partial charge in [0.05, 0.1) is 8.07 Å². The smallest absolute Gasteiger partial charge is 0.134 e. The first kappa shape index (κ1) is 30.3. The fourth-order valence-corrected chi connectivity index (χ4v) is 6.62. The molecule has 0 aliphatic carbocycles. The Morgan fingerprint density at radius 3 is 2.19 bits per heavy atom. The van der Waals surface area contributed by atoms with Gasteiger partial charge in [-0.2, -0.15) is 0 Å². The van der Waals surface area contributed by atoms with Gasteiger partial charge in [0.2, 0.25) is 0 Å². The van der Waals surface area contributed by atoms with E-state index in [1.807, 2.05) is 54.7 Å². The largest absolute Gasteiger partial charge is 0.457 e. The van der Waals surface area contributed by atoms with E-state index in [1.165, 1.54) is 16.3 Å². The summed E-state index contributed by atoms with van der Waals surface area (Å²) in [7, 11) is -1.51. The Balaban J connectivity index is 0.000000238. The summed E-state index contributed by atoms with van der Waals surface area (Å²) in [5.74, 6) is 0. The summed E-state index contributed by atoms with van der Waals surface area (Å²) in [6.07, 6.45) is 3.74. The van der Waals surface area contributed by atoms with Crippen LogP contribution in [0.3, 0.4) is 0 Å². The standard InChI is InChI=1S/C27H24NOSi.C11H8N.Ir/c1-18-13-20(19-9-6-5-7-10-19)15-21(14-18)24-16-25-23(17-28-24)22-11-8-12-26(27(22)29-25)30(2,3)4;1-2-6-10(7-3-1)11-8-4-5-9-12-11;/h5-13,15-17H,1-4H3;1-6,8-9H;/q2*-1;. The van der Waals surface area contributed by atoms with E-state index >= 15 is 0 Å². The zero-order valence-electron chi connectivity index (χ0n) is 24.7. The van der Waals surface area contributed by atoms with Gasteiger partial charge in [-0.15, -0.1) is 70.8 Å². The molecule has 0 unspecified atom stereocenters. The van der Waals surface area contributed by atoms with Crippen molar-refractivity contribution in [1.29, 1.82) is 0 Å². The van der Waals surface area contributed by atoms with Crippen molar-refractivity contribution in [3.63, 3.8) is 0 Å². The molecule has 0 spiro atoms. The van der Waals surface area contributed by atoms with Gasteiger partial charge in [-0.25, -0.2) is 0 Å². The number of benzene rings is 4. The van der Waals surface area contributed by atoms with Crippen LogP contribution in [0.15, 0.2) is 126 Å². The maximum Gasteiger partial charge on any atom is 0.134 e. The molecule has 1 radical (unpaired) electrons. The predicted molar refractivity (Wildman–Crippen MR) is 177 cm³/mol. The van der Waals surface area contributed by atoms with Gasteiger partial charge in [-0.05, 0) is 34.3 Å². The molecule has 3 aromatic heterocycles. The maximum atomic E-state index is 6.40. The first-order valence-corrected chi connectivity index (χ1v) is 17.7. The van der Waals surface area contributed by atoms with Crippen molar-refractivity contribution in [3.8, 4) is 33.6 Å². The number of nitrogens with zero attached hydrogens (tertiary/aromatic N) is 2. The molecule has 3 heterocycles. The molecule has 0 atom stereocenters. The first-order chi connectivity index (χ1) is 20.4. The van der Waals surface area contributed by atoms with Crippen LogP contribution in [0.1, 0.15) is 5.56 Å². The molecule has 0 saturated carbocycles. The van der Waals surface area contributed by atoms with Crippen molar-refractivity contribution >= 4 is 35.2 Å². The molecule has 7 rings (SSSR count). The molecule has 0 fully saturated rings. The summed E-state index contributed by atoms with van der Waals surface area (Å²) < 4.78 is 6.40. The van der Waals surface area contributed by atoms with Crippen molar-refractivity contribution in [1.82, 2.24) is 9.97 Å². The molecule has 7 aromatic rings. The Bertz CT molecular complexity index is 1930. The van der Waals surface area contributed by atoms with Crippen LogP contribution in [-0.4, -0.2) is 18.0 Å². The van der Waals surface area contributed by atoms with Crippen LogP contribution in [0.2, 0.25) is 19.6 Å². The van der Waals surface area contributed by atoms with Gasteiger partial charge < -0.3 is 14.4 Å². The average molecular weight is 753 g/mol. The predicted octanol–water partition coefficient (Wildman–Crippen LogP) is 9.52. The second kappa shape index (κ2) is 13.0. The first-order valence-electron chi connectivity index (χ1n) is 14.2. The number of para-hydroxylation sites is 1. The van der Waals surface area contributed by atoms with E-state index in [9.17, 15) is 0 Å². The normalized spacial score (nSPS) is 11.1. The SMILES string of the molecule is Cc1[c-]c(-c2cc3oc4c([Si](C)(C)C)cccc4c3cn2)cc(-c2ccccc2)c1.[Ir].[c-]1ccccc1-c1ccccn1. The van der Waals surface area contributed by atoms with Gasteiger partial charge >= 0.3 is 0 Å². The van der Waals surface area contributed by atoms with Gasteiger partial charge in [-0.1, -0.05) is 87.2 Å². The van der Waals surface area contributed by atoms with Crippen molar-refractivity contribution in [2.24, 2.45) is 0 Å². The molecule has 215 valence electrons. The van der Waals surface area contributed by atoms with Crippen molar-refractivity contribution in [3.05, 3.63) is 139 Å². The molecule has 4 aromatic carbocycles. The van der Waals surface area contributed by atoms with Crippen molar-refractivity contribution in [2.75, 3.05) is 0 Å². The van der Waals surface area contributed by atoms with E-state index < -0.39 is 8.07 Å². The zero-order valence-corrected chi connectivity index (χ0v) is 28.1. The topological polar surface area (TPSA) is 38.9 Å². The van der Waals surface area contributed by atoms with Crippen LogP contribution in [-0.2, 0) is 20.1 Å². The summed E-state index contributed by atoms with van der Waals surface area (Å²) >= 11 is 0. The summed E-state index contributed by atoms with van der Waals surface area (Å²) in [5.41, 5.74) is 9.25. The second-order valence-electron chi connectivity index (χ2n) is 11.4. The molecule has 0 amide bonds. The molecule has 43 heavy (non-hydrogen) atoms. The number of furan rings is 1. The van der Waals surface area contributed by atoms with Crippen molar-refractivity contribution < 1.29 is 24.5 Å². The number of aromatic nitrogens is 2. The van der Waals surface area contributed by atoms with E-state index in [4.69, 9.17) is 9.40 Å². The fourth-order valence-electron chi connectivity index (χ4n) is 5.16. The molecule has 0 N–H and O–H groups in total. The molecule has 0 aliphatic rings. The average Bonchev–Trinajstić information content (AvgIpc) is 3.40. The van der Waals surface area contributed by atoms with Crippen LogP contribution in [0.4, 0.5) is 0 Å². The summed E-state index contributed by atoms with van der Waals surface area (Å²) in [6.45, 7) is 9.14. The number of aryl methyl sites for hydroxylation is 1. The Kier molecular flexibility index (Phi) is 9.17. The quantitative estimate of drug-likeness (QED) is 0.133. The van der Waals surface area contributed by atoms with Crippen molar-refractivity contribution in [2.45, 2.75) is 26.6 Å². The minimum absolute atomic E-state index is 0. The Morgan fingerprint density at radius 2 is 1.47 bits per heavy atom. The van der Waals surface area contributed by atoms with E-state index in [2.05, 4.69) is 104 Å². The van der Waals surface area contributed by atoms with E-state index in [-0.39, 0.29) is 20.1 Å². The molecule has 3 nitrogen and oxygen atoms in total. The van der Waals surface area contributed by atoms with E-state index in [1.54, 1.807) is 6.20 Å². The Hall–Kier alpha value is -4.15. The second-order valence-corrected chi connectivity index (χ2v) is 16.5. The van der Waals surface area contributed by atoms with Crippen LogP contribution in [0, 0.1) is 19.1 Å².